The standard InChI is InChI=1S/C15H19N3O2S/c1-4-18-9(2)12(14(19)20-3)13(17-15(18)21)10-5-7-11(16)8-6-10/h5-8,13H,4,16H2,1-3H3,(H,17,21)/t13-/m0/s1. The summed E-state index contributed by atoms with van der Waals surface area (Å²) in [6, 6.07) is 7.04. The second-order valence-corrected chi connectivity index (χ2v) is 5.17. The van der Waals surface area contributed by atoms with Crippen LogP contribution in [0.5, 0.6) is 0 Å². The number of allylic oxidation sites excluding steroid dienone is 1. The summed E-state index contributed by atoms with van der Waals surface area (Å²) in [6.45, 7) is 4.55. The number of nitrogens with one attached hydrogen (secondary N) is 1. The average molecular weight is 305 g/mol. The summed E-state index contributed by atoms with van der Waals surface area (Å²) in [5, 5.41) is 3.81. The number of benzene rings is 1. The van der Waals surface area contributed by atoms with Crippen molar-refractivity contribution in [2.24, 2.45) is 0 Å². The van der Waals surface area contributed by atoms with E-state index in [4.69, 9.17) is 22.7 Å². The van der Waals surface area contributed by atoms with Gasteiger partial charge in [-0.05, 0) is 43.8 Å². The van der Waals surface area contributed by atoms with E-state index in [0.717, 1.165) is 11.3 Å². The number of esters is 1. The van der Waals surface area contributed by atoms with Crippen molar-refractivity contribution in [1.29, 1.82) is 0 Å². The topological polar surface area (TPSA) is 67.6 Å². The number of hydrogen-bond acceptors (Lipinski definition) is 4. The molecule has 0 aliphatic carbocycles. The Morgan fingerprint density at radius 3 is 2.57 bits per heavy atom. The third kappa shape index (κ3) is 2.85. The maximum atomic E-state index is 12.2. The number of nitrogens with two attached hydrogens (primary N) is 1. The van der Waals surface area contributed by atoms with Gasteiger partial charge >= 0.3 is 5.97 Å². The van der Waals surface area contributed by atoms with Crippen molar-refractivity contribution < 1.29 is 9.53 Å². The molecular weight excluding hydrogens is 286 g/mol. The molecule has 21 heavy (non-hydrogen) atoms. The van der Waals surface area contributed by atoms with Gasteiger partial charge in [-0.1, -0.05) is 12.1 Å². The number of carbonyl (C=O) groups excluding carboxylic acids is 1. The number of ether oxygens (including phenoxy) is 1. The second kappa shape index (κ2) is 6.13. The van der Waals surface area contributed by atoms with Crippen LogP contribution in [0.4, 0.5) is 5.69 Å². The minimum absolute atomic E-state index is 0.326. The number of anilines is 1. The zero-order valence-electron chi connectivity index (χ0n) is 12.3. The first-order valence-corrected chi connectivity index (χ1v) is 7.13. The van der Waals surface area contributed by atoms with Crippen molar-refractivity contribution >= 4 is 29.0 Å². The predicted molar refractivity (Wildman–Crippen MR) is 86.4 cm³/mol. The first kappa shape index (κ1) is 15.3. The number of nitrogens with zero attached hydrogens (tertiary/aromatic N) is 1. The van der Waals surface area contributed by atoms with Crippen LogP contribution in [0.25, 0.3) is 0 Å². The summed E-state index contributed by atoms with van der Waals surface area (Å²) < 4.78 is 4.93. The molecule has 0 saturated heterocycles. The molecule has 3 N–H and O–H groups in total. The Kier molecular flexibility index (Phi) is 4.47. The molecule has 1 heterocycles. The smallest absolute Gasteiger partial charge is 0.337 e. The SMILES string of the molecule is CCN1C(=S)N[C@@H](c2ccc(N)cc2)C(C(=O)OC)=C1C. The molecule has 5 nitrogen and oxygen atoms in total. The lowest BCUT2D eigenvalue weighted by atomic mass is 9.95. The van der Waals surface area contributed by atoms with Gasteiger partial charge in [0.2, 0.25) is 0 Å². The molecule has 0 amide bonds. The van der Waals surface area contributed by atoms with E-state index in [9.17, 15) is 4.79 Å². The summed E-state index contributed by atoms with van der Waals surface area (Å²) in [6.07, 6.45) is 0. The van der Waals surface area contributed by atoms with Crippen molar-refractivity contribution in [2.75, 3.05) is 19.4 Å². The summed E-state index contributed by atoms with van der Waals surface area (Å²) in [4.78, 5) is 14.1. The summed E-state index contributed by atoms with van der Waals surface area (Å²) >= 11 is 5.39. The fraction of sp³-hybridized carbons (Fsp3) is 0.333. The van der Waals surface area contributed by atoms with Crippen LogP contribution in [-0.4, -0.2) is 29.6 Å². The number of carbonyl (C=O) groups is 1. The zero-order valence-corrected chi connectivity index (χ0v) is 13.2. The van der Waals surface area contributed by atoms with Gasteiger partial charge in [-0.3, -0.25) is 0 Å². The van der Waals surface area contributed by atoms with Crippen molar-refractivity contribution in [2.45, 2.75) is 19.9 Å². The Morgan fingerprint density at radius 1 is 1.43 bits per heavy atom. The van der Waals surface area contributed by atoms with E-state index in [1.165, 1.54) is 7.11 Å². The van der Waals surface area contributed by atoms with Crippen molar-refractivity contribution in [3.8, 4) is 0 Å². The number of rotatable bonds is 3. The lowest BCUT2D eigenvalue weighted by Gasteiger charge is -2.36. The molecule has 0 fully saturated rings. The van der Waals surface area contributed by atoms with Crippen molar-refractivity contribution in [3.05, 3.63) is 41.1 Å². The molecule has 1 atom stereocenters. The largest absolute Gasteiger partial charge is 0.466 e. The predicted octanol–water partition coefficient (Wildman–Crippen LogP) is 1.97. The van der Waals surface area contributed by atoms with Gasteiger partial charge in [0.25, 0.3) is 0 Å². The van der Waals surface area contributed by atoms with Crippen LogP contribution in [0.2, 0.25) is 0 Å². The molecule has 0 spiro atoms. The Bertz CT molecular complexity index is 595. The number of methoxy groups -OCH3 is 1. The van der Waals surface area contributed by atoms with Crippen LogP contribution in [0.3, 0.4) is 0 Å². The van der Waals surface area contributed by atoms with E-state index >= 15 is 0 Å². The van der Waals surface area contributed by atoms with Crippen LogP contribution in [0.1, 0.15) is 25.5 Å². The number of nitrogen functional groups attached to an aromatic ring is 1. The lowest BCUT2D eigenvalue weighted by molar-refractivity contribution is -0.136. The van der Waals surface area contributed by atoms with Gasteiger partial charge < -0.3 is 20.7 Å². The molecule has 0 unspecified atom stereocenters. The fourth-order valence-corrected chi connectivity index (χ4v) is 2.86. The molecule has 112 valence electrons. The van der Waals surface area contributed by atoms with Gasteiger partial charge in [-0.25, -0.2) is 4.79 Å². The monoisotopic (exact) mass is 305 g/mol. The third-order valence-corrected chi connectivity index (χ3v) is 3.93. The van der Waals surface area contributed by atoms with Crippen LogP contribution in [0, 0.1) is 0 Å². The van der Waals surface area contributed by atoms with Gasteiger partial charge in [0.15, 0.2) is 5.11 Å². The van der Waals surface area contributed by atoms with E-state index in [-0.39, 0.29) is 12.0 Å². The highest BCUT2D eigenvalue weighted by Gasteiger charge is 2.33. The van der Waals surface area contributed by atoms with Crippen LogP contribution >= 0.6 is 12.2 Å². The van der Waals surface area contributed by atoms with Gasteiger partial charge in [0.05, 0.1) is 18.7 Å². The highest BCUT2D eigenvalue weighted by molar-refractivity contribution is 7.80. The minimum Gasteiger partial charge on any atom is -0.466 e. The molecule has 1 aromatic carbocycles. The maximum Gasteiger partial charge on any atom is 0.337 e. The van der Waals surface area contributed by atoms with E-state index in [1.807, 2.05) is 30.9 Å². The molecule has 0 saturated carbocycles. The molecule has 1 aromatic rings. The quantitative estimate of drug-likeness (QED) is 0.505. The molecule has 1 aliphatic rings. The molecule has 0 aromatic heterocycles. The summed E-state index contributed by atoms with van der Waals surface area (Å²) in [7, 11) is 1.38. The number of thiocarbonyl (C=S) groups is 1. The molecular formula is C15H19N3O2S. The van der Waals surface area contributed by atoms with Crippen LogP contribution in [-0.2, 0) is 9.53 Å². The number of hydrogen-bond donors (Lipinski definition) is 2. The summed E-state index contributed by atoms with van der Waals surface area (Å²) in [5.74, 6) is -0.359. The minimum atomic E-state index is -0.359. The van der Waals surface area contributed by atoms with Gasteiger partial charge in [0.1, 0.15) is 0 Å². The van der Waals surface area contributed by atoms with Crippen molar-refractivity contribution in [3.63, 3.8) is 0 Å². The fourth-order valence-electron chi connectivity index (χ4n) is 2.47. The van der Waals surface area contributed by atoms with Gasteiger partial charge in [0, 0.05) is 17.9 Å². The Labute approximate surface area is 129 Å². The molecule has 0 radical (unpaired) electrons. The Balaban J connectivity index is 2.52. The summed E-state index contributed by atoms with van der Waals surface area (Å²) in [5.41, 5.74) is 8.69. The van der Waals surface area contributed by atoms with Gasteiger partial charge in [-0.15, -0.1) is 0 Å². The normalized spacial score (nSPS) is 18.5. The highest BCUT2D eigenvalue weighted by atomic mass is 32.1. The molecule has 6 heteroatoms. The molecule has 1 aliphatic heterocycles. The second-order valence-electron chi connectivity index (χ2n) is 4.78. The highest BCUT2D eigenvalue weighted by Crippen LogP contribution is 2.31. The first-order chi connectivity index (χ1) is 9.99. The van der Waals surface area contributed by atoms with Crippen molar-refractivity contribution in [1.82, 2.24) is 10.2 Å². The van der Waals surface area contributed by atoms with E-state index in [0.29, 0.717) is 22.9 Å². The van der Waals surface area contributed by atoms with Gasteiger partial charge in [-0.2, -0.15) is 0 Å². The first-order valence-electron chi connectivity index (χ1n) is 6.72. The molecule has 0 bridgehead atoms. The van der Waals surface area contributed by atoms with E-state index < -0.39 is 0 Å². The van der Waals surface area contributed by atoms with E-state index in [2.05, 4.69) is 5.32 Å². The average Bonchev–Trinajstić information content (AvgIpc) is 2.47. The van der Waals surface area contributed by atoms with Crippen LogP contribution in [0.15, 0.2) is 35.5 Å². The third-order valence-electron chi connectivity index (χ3n) is 3.59. The van der Waals surface area contributed by atoms with Crippen LogP contribution < -0.4 is 11.1 Å². The molecule has 2 rings (SSSR count). The Morgan fingerprint density at radius 2 is 2.05 bits per heavy atom. The lowest BCUT2D eigenvalue weighted by Crippen LogP contribution is -2.47. The maximum absolute atomic E-state index is 12.2. The zero-order chi connectivity index (χ0) is 15.6. The Hall–Kier alpha value is -2.08. The van der Waals surface area contributed by atoms with E-state index in [1.54, 1.807) is 12.1 Å².